The molecule has 0 aliphatic rings. The van der Waals surface area contributed by atoms with Gasteiger partial charge < -0.3 is 4.40 Å². The molecular weight excluding hydrogens is 484 g/mol. The normalized spacial score (nSPS) is 11.1. The standard InChI is InChI=1S/C38H28N2/c1-27-38(39-37-18-10-11-25-40(27)37)30-22-20-29(21-23-30)33-14-4-2-3-5-15-34(36-17-9-8-16-35(33)36)32-24-19-28-12-6-7-13-31(28)26-32/h2-26H,1H3. The zero-order valence-electron chi connectivity index (χ0n) is 22.3. The molecule has 2 heteroatoms. The Labute approximate surface area is 234 Å². The molecule has 0 radical (unpaired) electrons. The summed E-state index contributed by atoms with van der Waals surface area (Å²) >= 11 is 0. The fourth-order valence-corrected chi connectivity index (χ4v) is 5.62. The van der Waals surface area contributed by atoms with Crippen molar-refractivity contribution in [2.75, 3.05) is 0 Å². The molecule has 0 spiro atoms. The summed E-state index contributed by atoms with van der Waals surface area (Å²) in [6.07, 6.45) is 2.07. The molecule has 0 aliphatic carbocycles. The number of hydrogen-bond acceptors (Lipinski definition) is 1. The van der Waals surface area contributed by atoms with Crippen LogP contribution in [0.15, 0.2) is 152 Å². The van der Waals surface area contributed by atoms with Gasteiger partial charge in [0.1, 0.15) is 5.65 Å². The van der Waals surface area contributed by atoms with Crippen molar-refractivity contribution in [3.05, 3.63) is 157 Å². The zero-order chi connectivity index (χ0) is 26.9. The lowest BCUT2D eigenvalue weighted by Crippen LogP contribution is -1.87. The molecule has 2 heterocycles. The molecule has 7 rings (SSSR count). The van der Waals surface area contributed by atoms with Crippen molar-refractivity contribution in [2.24, 2.45) is 0 Å². The van der Waals surface area contributed by atoms with Crippen molar-refractivity contribution in [2.45, 2.75) is 6.92 Å². The Morgan fingerprint density at radius 3 is 1.77 bits per heavy atom. The third-order valence-electron chi connectivity index (χ3n) is 7.67. The Kier molecular flexibility index (Phi) is 6.07. The average Bonchev–Trinajstić information content (AvgIpc) is 3.35. The average molecular weight is 513 g/mol. The molecule has 0 amide bonds. The Hall–Kier alpha value is -5.21. The molecule has 5 aromatic carbocycles. The van der Waals surface area contributed by atoms with Gasteiger partial charge in [0.05, 0.1) is 5.69 Å². The topological polar surface area (TPSA) is 17.3 Å². The molecule has 0 N–H and O–H groups in total. The van der Waals surface area contributed by atoms with Crippen molar-refractivity contribution in [1.82, 2.24) is 9.38 Å². The Morgan fingerprint density at radius 1 is 0.475 bits per heavy atom. The molecule has 0 aliphatic heterocycles. The second-order valence-electron chi connectivity index (χ2n) is 10.1. The number of aromatic nitrogens is 2. The Morgan fingerprint density at radius 2 is 1.05 bits per heavy atom. The van der Waals surface area contributed by atoms with Gasteiger partial charge in [-0.2, -0.15) is 0 Å². The van der Waals surface area contributed by atoms with Crippen LogP contribution in [0.1, 0.15) is 5.69 Å². The molecule has 0 saturated carbocycles. The van der Waals surface area contributed by atoms with Gasteiger partial charge in [0.25, 0.3) is 0 Å². The lowest BCUT2D eigenvalue weighted by atomic mass is 9.94. The molecule has 7 aromatic rings. The first-order chi connectivity index (χ1) is 19.8. The number of aryl methyl sites for hydroxylation is 1. The lowest BCUT2D eigenvalue weighted by Gasteiger charge is -2.10. The highest BCUT2D eigenvalue weighted by Gasteiger charge is 2.11. The Balaban J connectivity index is 1.42. The summed E-state index contributed by atoms with van der Waals surface area (Å²) in [7, 11) is 0. The van der Waals surface area contributed by atoms with Gasteiger partial charge in [-0.1, -0.05) is 127 Å². The van der Waals surface area contributed by atoms with Crippen molar-refractivity contribution in [3.63, 3.8) is 0 Å². The fraction of sp³-hybridized carbons (Fsp3) is 0.0263. The smallest absolute Gasteiger partial charge is 0.137 e. The maximum atomic E-state index is 4.90. The van der Waals surface area contributed by atoms with E-state index in [9.17, 15) is 0 Å². The van der Waals surface area contributed by atoms with Gasteiger partial charge >= 0.3 is 0 Å². The van der Waals surface area contributed by atoms with E-state index in [1.807, 2.05) is 18.2 Å². The molecule has 0 fully saturated rings. The van der Waals surface area contributed by atoms with Crippen LogP contribution < -0.4 is 0 Å². The van der Waals surface area contributed by atoms with E-state index >= 15 is 0 Å². The van der Waals surface area contributed by atoms with E-state index in [0.717, 1.165) is 22.6 Å². The highest BCUT2D eigenvalue weighted by atomic mass is 15.0. The second kappa shape index (κ2) is 10.2. The van der Waals surface area contributed by atoms with Crippen molar-refractivity contribution >= 4 is 27.2 Å². The van der Waals surface area contributed by atoms with Crippen LogP contribution in [0.2, 0.25) is 0 Å². The first-order valence-electron chi connectivity index (χ1n) is 13.6. The molecule has 0 saturated heterocycles. The van der Waals surface area contributed by atoms with Crippen LogP contribution in [0.3, 0.4) is 0 Å². The third-order valence-corrected chi connectivity index (χ3v) is 7.67. The molecule has 0 atom stereocenters. The van der Waals surface area contributed by atoms with Gasteiger partial charge in [0.2, 0.25) is 0 Å². The summed E-state index contributed by atoms with van der Waals surface area (Å²) < 4.78 is 2.14. The van der Waals surface area contributed by atoms with Crippen molar-refractivity contribution in [3.8, 4) is 33.5 Å². The highest BCUT2D eigenvalue weighted by molar-refractivity contribution is 6.04. The van der Waals surface area contributed by atoms with Gasteiger partial charge in [0.15, 0.2) is 0 Å². The van der Waals surface area contributed by atoms with E-state index in [-0.39, 0.29) is 0 Å². The summed E-state index contributed by atoms with van der Waals surface area (Å²) in [6, 6.07) is 51.8. The predicted molar refractivity (Wildman–Crippen MR) is 169 cm³/mol. The highest BCUT2D eigenvalue weighted by Crippen LogP contribution is 2.35. The first-order valence-corrected chi connectivity index (χ1v) is 13.6. The number of benzene rings is 4. The number of pyridine rings is 1. The number of fused-ring (bicyclic) bond motifs is 3. The monoisotopic (exact) mass is 512 g/mol. The van der Waals surface area contributed by atoms with Crippen LogP contribution in [-0.2, 0) is 0 Å². The summed E-state index contributed by atoms with van der Waals surface area (Å²) in [5.41, 5.74) is 9.02. The van der Waals surface area contributed by atoms with E-state index in [2.05, 4.69) is 145 Å². The summed E-state index contributed by atoms with van der Waals surface area (Å²) in [4.78, 5) is 4.90. The van der Waals surface area contributed by atoms with E-state index < -0.39 is 0 Å². The third kappa shape index (κ3) is 4.30. The summed E-state index contributed by atoms with van der Waals surface area (Å²) in [5.74, 6) is 0. The fourth-order valence-electron chi connectivity index (χ4n) is 5.62. The van der Waals surface area contributed by atoms with Crippen molar-refractivity contribution in [1.29, 1.82) is 0 Å². The minimum Gasteiger partial charge on any atom is -0.304 e. The van der Waals surface area contributed by atoms with Crippen LogP contribution in [0.5, 0.6) is 0 Å². The van der Waals surface area contributed by atoms with Gasteiger partial charge in [-0.25, -0.2) is 4.98 Å². The molecule has 0 unspecified atom stereocenters. The molecule has 0 bridgehead atoms. The minimum atomic E-state index is 0.967. The first kappa shape index (κ1) is 23.9. The molecule has 2 nitrogen and oxygen atoms in total. The molecule has 40 heavy (non-hydrogen) atoms. The maximum absolute atomic E-state index is 4.90. The zero-order valence-corrected chi connectivity index (χ0v) is 22.3. The van der Waals surface area contributed by atoms with E-state index in [1.54, 1.807) is 0 Å². The van der Waals surface area contributed by atoms with Crippen LogP contribution in [0, 0.1) is 6.92 Å². The van der Waals surface area contributed by atoms with Crippen LogP contribution in [0.4, 0.5) is 0 Å². The van der Waals surface area contributed by atoms with Gasteiger partial charge in [0, 0.05) is 17.5 Å². The van der Waals surface area contributed by atoms with Gasteiger partial charge in [-0.15, -0.1) is 0 Å². The number of imidazole rings is 1. The second-order valence-corrected chi connectivity index (χ2v) is 10.1. The quantitative estimate of drug-likeness (QED) is 0.230. The lowest BCUT2D eigenvalue weighted by molar-refractivity contribution is 1.11. The SMILES string of the molecule is Cc1c(-c2ccc(-c3ccccccc(-c4ccc5ccccc5c4)c4ccccc34)cc2)nc2ccccn12. The van der Waals surface area contributed by atoms with Crippen LogP contribution >= 0.6 is 0 Å². The molecular formula is C38H28N2. The number of nitrogens with zero attached hydrogens (tertiary/aromatic N) is 2. The van der Waals surface area contributed by atoms with Crippen LogP contribution in [-0.4, -0.2) is 9.38 Å². The van der Waals surface area contributed by atoms with E-state index in [4.69, 9.17) is 4.98 Å². The van der Waals surface area contributed by atoms with Crippen LogP contribution in [0.25, 0.3) is 60.7 Å². The number of rotatable bonds is 3. The number of hydrogen-bond donors (Lipinski definition) is 0. The predicted octanol–water partition coefficient (Wildman–Crippen LogP) is 10.1. The van der Waals surface area contributed by atoms with Gasteiger partial charge in [-0.3, -0.25) is 0 Å². The largest absolute Gasteiger partial charge is 0.304 e. The van der Waals surface area contributed by atoms with E-state index in [0.29, 0.717) is 0 Å². The van der Waals surface area contributed by atoms with Crippen molar-refractivity contribution < 1.29 is 0 Å². The summed E-state index contributed by atoms with van der Waals surface area (Å²) in [5, 5.41) is 4.91. The minimum absolute atomic E-state index is 0.967. The van der Waals surface area contributed by atoms with Gasteiger partial charge in [-0.05, 0) is 68.9 Å². The summed E-state index contributed by atoms with van der Waals surface area (Å²) in [6.45, 7) is 2.13. The maximum Gasteiger partial charge on any atom is 0.137 e. The molecule has 2 aromatic heterocycles. The Bertz CT molecular complexity index is 2060. The molecule has 190 valence electrons. The van der Waals surface area contributed by atoms with E-state index in [1.165, 1.54) is 43.8 Å².